The van der Waals surface area contributed by atoms with Gasteiger partial charge in [0.05, 0.1) is 6.04 Å². The fourth-order valence-corrected chi connectivity index (χ4v) is 1.18. The molecule has 0 saturated heterocycles. The van der Waals surface area contributed by atoms with Gasteiger partial charge < -0.3 is 10.5 Å². The van der Waals surface area contributed by atoms with E-state index >= 15 is 0 Å². The Kier molecular flexibility index (Phi) is 3.79. The molecule has 0 aromatic carbocycles. The molecule has 0 saturated carbocycles. The monoisotopic (exact) mass is 197 g/mol. The van der Waals surface area contributed by atoms with Crippen molar-refractivity contribution < 1.29 is 9.53 Å². The van der Waals surface area contributed by atoms with Crippen molar-refractivity contribution in [1.29, 1.82) is 0 Å². The zero-order chi connectivity index (χ0) is 10.6. The molecule has 0 fully saturated rings. The Hall–Kier alpha value is -1.20. The zero-order valence-electron chi connectivity index (χ0n) is 8.43. The molecule has 0 spiro atoms. The summed E-state index contributed by atoms with van der Waals surface area (Å²) in [6.07, 6.45) is 2.11. The number of methoxy groups -OCH3 is 1. The minimum Gasteiger partial charge on any atom is -0.385 e. The van der Waals surface area contributed by atoms with E-state index in [1.165, 1.54) is 4.68 Å². The average Bonchev–Trinajstić information content (AvgIpc) is 2.59. The Labute approximate surface area is 82.8 Å². The fraction of sp³-hybridized carbons (Fsp3) is 0.556. The number of hydrogen-bond donors (Lipinski definition) is 1. The number of nitrogens with two attached hydrogens (primary N) is 1. The molecule has 1 aromatic rings. The third-order valence-electron chi connectivity index (χ3n) is 2.04. The molecule has 1 heterocycles. The van der Waals surface area contributed by atoms with Crippen LogP contribution in [0, 0.1) is 0 Å². The number of Topliss-reactive ketones (excluding diaryl/α,β-unsaturated/α-hetero) is 1. The van der Waals surface area contributed by atoms with E-state index < -0.39 is 6.04 Å². The zero-order valence-corrected chi connectivity index (χ0v) is 8.43. The number of rotatable bonds is 5. The summed E-state index contributed by atoms with van der Waals surface area (Å²) >= 11 is 0. The average molecular weight is 197 g/mol. The summed E-state index contributed by atoms with van der Waals surface area (Å²) in [6, 6.07) is 1.15. The van der Waals surface area contributed by atoms with Gasteiger partial charge >= 0.3 is 0 Å². The summed E-state index contributed by atoms with van der Waals surface area (Å²) in [4.78, 5) is 11.7. The Morgan fingerprint density at radius 2 is 2.50 bits per heavy atom. The van der Waals surface area contributed by atoms with Gasteiger partial charge in [0, 0.05) is 27.0 Å². The van der Waals surface area contributed by atoms with Crippen LogP contribution in [0.5, 0.6) is 0 Å². The van der Waals surface area contributed by atoms with Gasteiger partial charge in [-0.05, 0) is 12.5 Å². The molecule has 0 bridgehead atoms. The van der Waals surface area contributed by atoms with Crippen LogP contribution in [-0.4, -0.2) is 35.3 Å². The first-order valence-electron chi connectivity index (χ1n) is 4.43. The van der Waals surface area contributed by atoms with Crippen LogP contribution in [-0.2, 0) is 11.8 Å². The molecule has 1 rings (SSSR count). The van der Waals surface area contributed by atoms with Crippen molar-refractivity contribution in [3.05, 3.63) is 18.0 Å². The standard InChI is InChI=1S/C9H15N3O2/c1-12-8(3-5-11-12)9(13)7(10)4-6-14-2/h3,5,7H,4,6,10H2,1-2H3. The number of aromatic nitrogens is 2. The molecule has 14 heavy (non-hydrogen) atoms. The van der Waals surface area contributed by atoms with Crippen LogP contribution < -0.4 is 5.73 Å². The minimum atomic E-state index is -0.509. The number of ketones is 1. The summed E-state index contributed by atoms with van der Waals surface area (Å²) in [7, 11) is 3.30. The van der Waals surface area contributed by atoms with E-state index in [-0.39, 0.29) is 5.78 Å². The van der Waals surface area contributed by atoms with E-state index in [9.17, 15) is 4.79 Å². The second-order valence-corrected chi connectivity index (χ2v) is 3.09. The molecule has 1 aromatic heterocycles. The molecule has 0 aliphatic heterocycles. The highest BCUT2D eigenvalue weighted by Crippen LogP contribution is 2.03. The second kappa shape index (κ2) is 4.88. The molecule has 78 valence electrons. The summed E-state index contributed by atoms with van der Waals surface area (Å²) in [5.74, 6) is -0.0953. The Morgan fingerprint density at radius 3 is 3.00 bits per heavy atom. The molecule has 5 nitrogen and oxygen atoms in total. The highest BCUT2D eigenvalue weighted by Gasteiger charge is 2.17. The SMILES string of the molecule is COCCC(N)C(=O)c1ccnn1C. The van der Waals surface area contributed by atoms with Crippen LogP contribution in [0.15, 0.2) is 12.3 Å². The first-order valence-corrected chi connectivity index (χ1v) is 4.43. The van der Waals surface area contributed by atoms with Crippen LogP contribution >= 0.6 is 0 Å². The van der Waals surface area contributed by atoms with Gasteiger partial charge in [0.15, 0.2) is 5.78 Å². The lowest BCUT2D eigenvalue weighted by atomic mass is 10.1. The lowest BCUT2D eigenvalue weighted by Crippen LogP contribution is -2.33. The second-order valence-electron chi connectivity index (χ2n) is 3.09. The molecule has 0 aliphatic carbocycles. The lowest BCUT2D eigenvalue weighted by molar-refractivity contribution is 0.0926. The van der Waals surface area contributed by atoms with E-state index in [4.69, 9.17) is 10.5 Å². The first-order chi connectivity index (χ1) is 6.66. The Bertz CT molecular complexity index is 309. The van der Waals surface area contributed by atoms with E-state index in [2.05, 4.69) is 5.10 Å². The lowest BCUT2D eigenvalue weighted by Gasteiger charge is -2.09. The van der Waals surface area contributed by atoms with Crippen molar-refractivity contribution in [2.24, 2.45) is 12.8 Å². The van der Waals surface area contributed by atoms with Gasteiger partial charge in [0.1, 0.15) is 5.69 Å². The van der Waals surface area contributed by atoms with Gasteiger partial charge in [-0.1, -0.05) is 0 Å². The topological polar surface area (TPSA) is 70.1 Å². The van der Waals surface area contributed by atoms with Crippen molar-refractivity contribution in [3.63, 3.8) is 0 Å². The smallest absolute Gasteiger partial charge is 0.197 e. The van der Waals surface area contributed by atoms with Gasteiger partial charge in [-0.3, -0.25) is 9.48 Å². The van der Waals surface area contributed by atoms with E-state index in [0.29, 0.717) is 18.7 Å². The van der Waals surface area contributed by atoms with Gasteiger partial charge in [0.25, 0.3) is 0 Å². The maximum atomic E-state index is 11.7. The molecule has 0 radical (unpaired) electrons. The molecular weight excluding hydrogens is 182 g/mol. The number of carbonyl (C=O) groups is 1. The predicted octanol–water partition coefficient (Wildman–Crippen LogP) is -0.0334. The quantitative estimate of drug-likeness (QED) is 0.673. The van der Waals surface area contributed by atoms with Crippen LogP contribution in [0.3, 0.4) is 0 Å². The molecule has 1 unspecified atom stereocenters. The third-order valence-corrected chi connectivity index (χ3v) is 2.04. The van der Waals surface area contributed by atoms with E-state index in [1.54, 1.807) is 26.4 Å². The molecule has 1 atom stereocenters. The number of ether oxygens (including phenoxy) is 1. The first kappa shape index (κ1) is 10.9. The maximum Gasteiger partial charge on any atom is 0.197 e. The van der Waals surface area contributed by atoms with Crippen LogP contribution in [0.1, 0.15) is 16.9 Å². The van der Waals surface area contributed by atoms with E-state index in [0.717, 1.165) is 0 Å². The normalized spacial score (nSPS) is 12.8. The highest BCUT2D eigenvalue weighted by atomic mass is 16.5. The third kappa shape index (κ3) is 2.40. The van der Waals surface area contributed by atoms with E-state index in [1.807, 2.05) is 0 Å². The highest BCUT2D eigenvalue weighted by molar-refractivity contribution is 5.98. The summed E-state index contributed by atoms with van der Waals surface area (Å²) in [5.41, 5.74) is 6.23. The molecule has 2 N–H and O–H groups in total. The molecule has 0 amide bonds. The number of hydrogen-bond acceptors (Lipinski definition) is 4. The van der Waals surface area contributed by atoms with Gasteiger partial charge in [-0.25, -0.2) is 0 Å². The van der Waals surface area contributed by atoms with Crippen LogP contribution in [0.2, 0.25) is 0 Å². The van der Waals surface area contributed by atoms with Gasteiger partial charge in [-0.2, -0.15) is 5.10 Å². The molecule has 5 heteroatoms. The number of nitrogens with zero attached hydrogens (tertiary/aromatic N) is 2. The van der Waals surface area contributed by atoms with Crippen molar-refractivity contribution in [3.8, 4) is 0 Å². The van der Waals surface area contributed by atoms with Crippen molar-refractivity contribution in [2.45, 2.75) is 12.5 Å². The fourth-order valence-electron chi connectivity index (χ4n) is 1.18. The van der Waals surface area contributed by atoms with Gasteiger partial charge in [-0.15, -0.1) is 0 Å². The number of aryl methyl sites for hydroxylation is 1. The predicted molar refractivity (Wildman–Crippen MR) is 52.0 cm³/mol. The Morgan fingerprint density at radius 1 is 1.79 bits per heavy atom. The van der Waals surface area contributed by atoms with Crippen molar-refractivity contribution >= 4 is 5.78 Å². The number of carbonyl (C=O) groups excluding carboxylic acids is 1. The molecule has 0 aliphatic rings. The summed E-state index contributed by atoms with van der Waals surface area (Å²) < 4.78 is 6.38. The van der Waals surface area contributed by atoms with Crippen molar-refractivity contribution in [2.75, 3.05) is 13.7 Å². The largest absolute Gasteiger partial charge is 0.385 e. The van der Waals surface area contributed by atoms with Crippen molar-refractivity contribution in [1.82, 2.24) is 9.78 Å². The van der Waals surface area contributed by atoms with Crippen LogP contribution in [0.4, 0.5) is 0 Å². The maximum absolute atomic E-state index is 11.7. The molecular formula is C9H15N3O2. The minimum absolute atomic E-state index is 0.0953. The van der Waals surface area contributed by atoms with Gasteiger partial charge in [0.2, 0.25) is 0 Å². The van der Waals surface area contributed by atoms with Crippen LogP contribution in [0.25, 0.3) is 0 Å². The Balaban J connectivity index is 2.61. The summed E-state index contributed by atoms with van der Waals surface area (Å²) in [5, 5.41) is 3.91. The summed E-state index contributed by atoms with van der Waals surface area (Å²) in [6.45, 7) is 0.491.